The van der Waals surface area contributed by atoms with Gasteiger partial charge in [0.15, 0.2) is 27.2 Å². The predicted molar refractivity (Wildman–Crippen MR) is 138 cm³/mol. The fourth-order valence-corrected chi connectivity index (χ4v) is 6.38. The summed E-state index contributed by atoms with van der Waals surface area (Å²) < 4.78 is 58.7. The quantitative estimate of drug-likeness (QED) is 0.406. The highest BCUT2D eigenvalue weighted by molar-refractivity contribution is 7.90. The third-order valence-corrected chi connectivity index (χ3v) is 8.81. The van der Waals surface area contributed by atoms with E-state index in [0.29, 0.717) is 35.0 Å². The maximum Gasteiger partial charge on any atom is 0.222 e. The number of hydrogen-bond donors (Lipinski definition) is 1. The molecule has 1 aromatic heterocycles. The molecule has 37 heavy (non-hydrogen) atoms. The van der Waals surface area contributed by atoms with Crippen LogP contribution in [-0.2, 0) is 16.3 Å². The molecule has 2 bridgehead atoms. The van der Waals surface area contributed by atoms with Gasteiger partial charge in [0.05, 0.1) is 11.5 Å². The van der Waals surface area contributed by atoms with Crippen molar-refractivity contribution < 1.29 is 21.9 Å². The zero-order chi connectivity index (χ0) is 26.2. The average molecular weight is 528 g/mol. The molecule has 0 radical (unpaired) electrons. The number of rotatable bonds is 8. The average Bonchev–Trinajstić information content (AvgIpc) is 3.10. The Bertz CT molecular complexity index is 1330. The van der Waals surface area contributed by atoms with Gasteiger partial charge in [0.1, 0.15) is 0 Å². The second kappa shape index (κ2) is 10.4. The van der Waals surface area contributed by atoms with Crippen molar-refractivity contribution in [1.29, 1.82) is 0 Å². The van der Waals surface area contributed by atoms with Crippen molar-refractivity contribution in [2.45, 2.75) is 50.0 Å². The monoisotopic (exact) mass is 527 g/mol. The number of benzene rings is 2. The van der Waals surface area contributed by atoms with Crippen molar-refractivity contribution in [1.82, 2.24) is 9.97 Å². The lowest BCUT2D eigenvalue weighted by Crippen LogP contribution is -2.38. The number of aryl methyl sites for hydroxylation is 1. The first-order valence-electron chi connectivity index (χ1n) is 12.7. The van der Waals surface area contributed by atoms with Crippen LogP contribution >= 0.6 is 0 Å². The molecule has 5 rings (SSSR count). The van der Waals surface area contributed by atoms with Gasteiger partial charge >= 0.3 is 0 Å². The Kier molecular flexibility index (Phi) is 7.16. The van der Waals surface area contributed by atoms with Gasteiger partial charge < -0.3 is 10.1 Å². The van der Waals surface area contributed by atoms with Crippen LogP contribution in [0.15, 0.2) is 53.7 Å². The van der Waals surface area contributed by atoms with Crippen molar-refractivity contribution in [3.8, 4) is 16.9 Å². The molecule has 9 heteroatoms. The smallest absolute Gasteiger partial charge is 0.222 e. The third kappa shape index (κ3) is 5.61. The van der Waals surface area contributed by atoms with E-state index >= 15 is 0 Å². The lowest BCUT2D eigenvalue weighted by Gasteiger charge is -2.35. The summed E-state index contributed by atoms with van der Waals surface area (Å²) in [4.78, 5) is 9.03. The van der Waals surface area contributed by atoms with E-state index in [-0.39, 0.29) is 23.2 Å². The fourth-order valence-electron chi connectivity index (χ4n) is 5.75. The molecule has 1 N–H and O–H groups in total. The van der Waals surface area contributed by atoms with Crippen molar-refractivity contribution in [3.05, 3.63) is 66.0 Å². The summed E-state index contributed by atoms with van der Waals surface area (Å²) in [7, 11) is -3.35. The summed E-state index contributed by atoms with van der Waals surface area (Å²) in [6.07, 6.45) is 9.80. The summed E-state index contributed by atoms with van der Waals surface area (Å²) in [6.45, 7) is 2.33. The highest BCUT2D eigenvalue weighted by atomic mass is 32.2. The topological polar surface area (TPSA) is 81.2 Å². The van der Waals surface area contributed by atoms with Gasteiger partial charge in [-0.2, -0.15) is 0 Å². The number of nitrogens with zero attached hydrogens (tertiary/aromatic N) is 2. The fraction of sp³-hybridized carbons (Fsp3) is 0.429. The van der Waals surface area contributed by atoms with E-state index in [1.807, 2.05) is 12.4 Å². The SMILES string of the molecule is CCc1cnc(NC2C3CCC2CC(COc2c(F)cc(-c4ccc(S(C)(=O)=O)cc4)cc2F)C3)nc1. The van der Waals surface area contributed by atoms with Crippen molar-refractivity contribution >= 4 is 15.8 Å². The van der Waals surface area contributed by atoms with E-state index in [2.05, 4.69) is 22.2 Å². The molecule has 2 unspecified atom stereocenters. The van der Waals surface area contributed by atoms with E-state index < -0.39 is 21.5 Å². The van der Waals surface area contributed by atoms with Crippen molar-refractivity contribution in [3.63, 3.8) is 0 Å². The van der Waals surface area contributed by atoms with Crippen LogP contribution in [0.5, 0.6) is 5.75 Å². The largest absolute Gasteiger partial charge is 0.487 e. The highest BCUT2D eigenvalue weighted by Gasteiger charge is 2.43. The molecular weight excluding hydrogens is 496 g/mol. The molecule has 2 aliphatic carbocycles. The molecule has 0 saturated heterocycles. The van der Waals surface area contributed by atoms with Crippen LogP contribution in [0.2, 0.25) is 0 Å². The summed E-state index contributed by atoms with van der Waals surface area (Å²) in [5.41, 5.74) is 1.94. The van der Waals surface area contributed by atoms with Crippen molar-refractivity contribution in [2.24, 2.45) is 17.8 Å². The van der Waals surface area contributed by atoms with E-state index in [0.717, 1.165) is 43.9 Å². The summed E-state index contributed by atoms with van der Waals surface area (Å²) in [6, 6.07) is 8.69. The Morgan fingerprint density at radius 1 is 0.973 bits per heavy atom. The third-order valence-electron chi connectivity index (χ3n) is 7.68. The van der Waals surface area contributed by atoms with Gasteiger partial charge in [0.2, 0.25) is 5.95 Å². The van der Waals surface area contributed by atoms with Crippen molar-refractivity contribution in [2.75, 3.05) is 18.2 Å². The van der Waals surface area contributed by atoms with Gasteiger partial charge in [-0.1, -0.05) is 19.1 Å². The Hall–Kier alpha value is -3.07. The summed E-state index contributed by atoms with van der Waals surface area (Å²) >= 11 is 0. The number of sulfone groups is 1. The minimum absolute atomic E-state index is 0.151. The minimum Gasteiger partial charge on any atom is -0.487 e. The Labute approximate surface area is 216 Å². The van der Waals surface area contributed by atoms with Crippen LogP contribution in [0.3, 0.4) is 0 Å². The maximum atomic E-state index is 14.9. The van der Waals surface area contributed by atoms with Gasteiger partial charge in [-0.25, -0.2) is 27.2 Å². The number of hydrogen-bond acceptors (Lipinski definition) is 6. The molecule has 0 spiro atoms. The zero-order valence-corrected chi connectivity index (χ0v) is 21.8. The first-order valence-corrected chi connectivity index (χ1v) is 14.6. The number of aromatic nitrogens is 2. The molecule has 2 aromatic carbocycles. The normalized spacial score (nSPS) is 23.1. The minimum atomic E-state index is -3.35. The van der Waals surface area contributed by atoms with E-state index in [1.54, 1.807) is 0 Å². The van der Waals surface area contributed by atoms with E-state index in [4.69, 9.17) is 4.74 Å². The maximum absolute atomic E-state index is 14.9. The molecule has 2 saturated carbocycles. The molecule has 6 nitrogen and oxygen atoms in total. The summed E-state index contributed by atoms with van der Waals surface area (Å²) in [5.74, 6) is -0.123. The Morgan fingerprint density at radius 3 is 2.11 bits per heavy atom. The molecule has 2 aliphatic rings. The van der Waals surface area contributed by atoms with Crippen LogP contribution in [0.1, 0.15) is 38.2 Å². The second-order valence-electron chi connectivity index (χ2n) is 10.3. The predicted octanol–water partition coefficient (Wildman–Crippen LogP) is 5.68. The molecule has 0 aliphatic heterocycles. The lowest BCUT2D eigenvalue weighted by molar-refractivity contribution is 0.154. The standard InChI is InChI=1S/C28H31F2N3O3S/c1-3-17-14-31-28(32-15-17)33-26-20-4-5-21(26)11-18(10-20)16-36-27-24(29)12-22(13-25(27)30)19-6-8-23(9-7-19)37(2,34)35/h6-9,12-15,18,20-21,26H,3-5,10-11,16H2,1-2H3,(H,31,32,33). The Balaban J connectivity index is 1.21. The van der Waals surface area contributed by atoms with Crippen LogP contribution < -0.4 is 10.1 Å². The molecule has 1 heterocycles. The van der Waals surface area contributed by atoms with Gasteiger partial charge in [0.25, 0.3) is 0 Å². The molecule has 2 atom stereocenters. The van der Waals surface area contributed by atoms with Crippen LogP contribution in [0.4, 0.5) is 14.7 Å². The number of anilines is 1. The van der Waals surface area contributed by atoms with Gasteiger partial charge in [0, 0.05) is 24.7 Å². The molecule has 2 fully saturated rings. The first-order chi connectivity index (χ1) is 17.7. The van der Waals surface area contributed by atoms with E-state index in [9.17, 15) is 17.2 Å². The van der Waals surface area contributed by atoms with Gasteiger partial charge in [-0.05, 0) is 90.8 Å². The second-order valence-corrected chi connectivity index (χ2v) is 12.3. The number of fused-ring (bicyclic) bond motifs is 2. The lowest BCUT2D eigenvalue weighted by atomic mass is 9.77. The Morgan fingerprint density at radius 2 is 1.57 bits per heavy atom. The first kappa shape index (κ1) is 25.6. The highest BCUT2D eigenvalue weighted by Crippen LogP contribution is 2.46. The number of nitrogens with one attached hydrogen (secondary N) is 1. The molecule has 3 aromatic rings. The van der Waals surface area contributed by atoms with Crippen LogP contribution in [0.25, 0.3) is 11.1 Å². The van der Waals surface area contributed by atoms with Crippen LogP contribution in [0, 0.1) is 29.4 Å². The van der Waals surface area contributed by atoms with Gasteiger partial charge in [-0.15, -0.1) is 0 Å². The zero-order valence-electron chi connectivity index (χ0n) is 21.0. The summed E-state index contributed by atoms with van der Waals surface area (Å²) in [5, 5.41) is 3.52. The molecular formula is C28H31F2N3O3S. The molecule has 196 valence electrons. The number of ether oxygens (including phenoxy) is 1. The van der Waals surface area contributed by atoms with E-state index in [1.165, 1.54) is 36.4 Å². The number of halogens is 2. The van der Waals surface area contributed by atoms with Gasteiger partial charge in [-0.3, -0.25) is 0 Å². The molecule has 0 amide bonds. The van der Waals surface area contributed by atoms with Crippen LogP contribution in [-0.4, -0.2) is 37.3 Å².